The lowest BCUT2D eigenvalue weighted by Gasteiger charge is -2.40. The van der Waals surface area contributed by atoms with Gasteiger partial charge in [0.05, 0.1) is 5.56 Å². The summed E-state index contributed by atoms with van der Waals surface area (Å²) in [5, 5.41) is 10.7. The monoisotopic (exact) mass is 551 g/mol. The molecule has 2 saturated carbocycles. The molecule has 1 aliphatic heterocycles. The molecule has 1 aromatic carbocycles. The number of thiophene rings is 1. The number of rotatable bonds is 6. The smallest absolute Gasteiger partial charge is 0.338 e. The first-order valence-corrected chi connectivity index (χ1v) is 15.4. The Labute approximate surface area is 235 Å². The first-order chi connectivity index (χ1) is 18.8. The van der Waals surface area contributed by atoms with Crippen LogP contribution in [0.25, 0.3) is 10.4 Å². The topological polar surface area (TPSA) is 81.2 Å². The van der Waals surface area contributed by atoms with E-state index in [0.717, 1.165) is 88.0 Å². The third kappa shape index (κ3) is 6.22. The van der Waals surface area contributed by atoms with Crippen LogP contribution in [0.2, 0.25) is 0 Å². The molecule has 2 amide bonds. The zero-order valence-electron chi connectivity index (χ0n) is 23.2. The van der Waals surface area contributed by atoms with Crippen LogP contribution >= 0.6 is 11.3 Å². The van der Waals surface area contributed by atoms with Gasteiger partial charge in [0.1, 0.15) is 5.00 Å². The molecule has 5 rings (SSSR count). The molecule has 3 aliphatic rings. The molecule has 39 heavy (non-hydrogen) atoms. The number of benzene rings is 1. The fraction of sp³-hybridized carbons (Fsp3) is 0.581. The molecule has 0 radical (unpaired) electrons. The van der Waals surface area contributed by atoms with Crippen LogP contribution in [0.3, 0.4) is 0 Å². The van der Waals surface area contributed by atoms with Crippen molar-refractivity contribution >= 4 is 34.1 Å². The second-order valence-electron chi connectivity index (χ2n) is 11.8. The van der Waals surface area contributed by atoms with Gasteiger partial charge in [-0.2, -0.15) is 0 Å². The molecular formula is C31H41N3O4S. The highest BCUT2D eigenvalue weighted by Crippen LogP contribution is 2.43. The van der Waals surface area contributed by atoms with Gasteiger partial charge in [-0.05, 0) is 76.0 Å². The summed E-state index contributed by atoms with van der Waals surface area (Å²) < 4.78 is 0. The summed E-state index contributed by atoms with van der Waals surface area (Å²) in [7, 11) is 2.09. The first kappa shape index (κ1) is 27.8. The number of piperazine rings is 1. The van der Waals surface area contributed by atoms with Crippen LogP contribution in [0.4, 0.5) is 5.00 Å². The number of hydrogen-bond donors (Lipinski definition) is 1. The third-order valence-electron chi connectivity index (χ3n) is 9.05. The van der Waals surface area contributed by atoms with Crippen LogP contribution in [-0.2, 0) is 9.59 Å². The van der Waals surface area contributed by atoms with Crippen molar-refractivity contribution < 1.29 is 19.5 Å². The van der Waals surface area contributed by atoms with Gasteiger partial charge in [-0.25, -0.2) is 4.79 Å². The van der Waals surface area contributed by atoms with Gasteiger partial charge in [-0.15, -0.1) is 11.3 Å². The van der Waals surface area contributed by atoms with Crippen molar-refractivity contribution in [2.75, 3.05) is 38.1 Å². The standard InChI is InChI=1S/C31H41N3O4S/c1-21-8-10-24(11-9-21)29(36)34(30-26(31(37)38)20-27(39-30)22-6-4-3-5-7-22)25-14-12-23(13-15-25)28(35)33-18-16-32(2)17-19-33/h3-7,20-21,23-25H,8-19H2,1-2H3,(H,37,38). The van der Waals surface area contributed by atoms with Gasteiger partial charge in [-0.3, -0.25) is 14.5 Å². The van der Waals surface area contributed by atoms with E-state index in [-0.39, 0.29) is 35.3 Å². The van der Waals surface area contributed by atoms with Gasteiger partial charge in [0.25, 0.3) is 0 Å². The van der Waals surface area contributed by atoms with E-state index >= 15 is 0 Å². The van der Waals surface area contributed by atoms with Crippen molar-refractivity contribution in [3.05, 3.63) is 42.0 Å². The zero-order valence-corrected chi connectivity index (χ0v) is 24.0. The Morgan fingerprint density at radius 1 is 0.872 bits per heavy atom. The first-order valence-electron chi connectivity index (χ1n) is 14.5. The average Bonchev–Trinajstić information content (AvgIpc) is 3.40. The SMILES string of the molecule is CC1CCC(C(=O)N(c2sc(-c3ccccc3)cc2C(=O)O)C2CCC(C(=O)N3CCN(C)CC3)CC2)CC1. The number of carboxylic acids is 1. The maximum atomic E-state index is 14.2. The minimum atomic E-state index is -1.00. The third-order valence-corrected chi connectivity index (χ3v) is 10.2. The summed E-state index contributed by atoms with van der Waals surface area (Å²) in [5.41, 5.74) is 1.16. The van der Waals surface area contributed by atoms with Crippen LogP contribution in [0.5, 0.6) is 0 Å². The van der Waals surface area contributed by atoms with Crippen LogP contribution < -0.4 is 4.90 Å². The van der Waals surface area contributed by atoms with Crippen LogP contribution in [-0.4, -0.2) is 72.0 Å². The van der Waals surface area contributed by atoms with Crippen molar-refractivity contribution in [1.29, 1.82) is 0 Å². The highest BCUT2D eigenvalue weighted by Gasteiger charge is 2.39. The van der Waals surface area contributed by atoms with E-state index in [4.69, 9.17) is 0 Å². The number of amides is 2. The van der Waals surface area contributed by atoms with Crippen molar-refractivity contribution in [1.82, 2.24) is 9.80 Å². The molecular weight excluding hydrogens is 510 g/mol. The number of likely N-dealkylation sites (N-methyl/N-ethyl adjacent to an activating group) is 1. The lowest BCUT2D eigenvalue weighted by atomic mass is 9.80. The molecule has 1 N–H and O–H groups in total. The maximum absolute atomic E-state index is 14.2. The molecule has 0 bridgehead atoms. The molecule has 2 aliphatic carbocycles. The van der Waals surface area contributed by atoms with Gasteiger partial charge in [0.2, 0.25) is 11.8 Å². The lowest BCUT2D eigenvalue weighted by Crippen LogP contribution is -2.51. The van der Waals surface area contributed by atoms with Crippen molar-refractivity contribution in [2.45, 2.75) is 64.3 Å². The molecule has 2 aromatic rings. The summed E-state index contributed by atoms with van der Waals surface area (Å²) in [5.74, 6) is -0.153. The predicted octanol–water partition coefficient (Wildman–Crippen LogP) is 5.61. The largest absolute Gasteiger partial charge is 0.478 e. The highest BCUT2D eigenvalue weighted by molar-refractivity contribution is 7.20. The number of carbonyl (C=O) groups excluding carboxylic acids is 2. The van der Waals surface area contributed by atoms with Gasteiger partial charge in [0, 0.05) is 48.9 Å². The van der Waals surface area contributed by atoms with E-state index in [1.54, 1.807) is 6.07 Å². The van der Waals surface area contributed by atoms with Crippen molar-refractivity contribution in [2.24, 2.45) is 17.8 Å². The van der Waals surface area contributed by atoms with E-state index in [0.29, 0.717) is 10.9 Å². The van der Waals surface area contributed by atoms with Gasteiger partial charge < -0.3 is 14.9 Å². The Hall–Kier alpha value is -2.71. The normalized spacial score (nSPS) is 26.3. The Bertz CT molecular complexity index is 1160. The molecule has 1 saturated heterocycles. The molecule has 2 heterocycles. The summed E-state index contributed by atoms with van der Waals surface area (Å²) in [4.78, 5) is 46.9. The zero-order chi connectivity index (χ0) is 27.5. The van der Waals surface area contributed by atoms with Gasteiger partial charge in [-0.1, -0.05) is 37.3 Å². The second kappa shape index (κ2) is 12.2. The van der Waals surface area contributed by atoms with Crippen molar-refractivity contribution in [3.8, 4) is 10.4 Å². The molecule has 0 unspecified atom stereocenters. The van der Waals surface area contributed by atoms with Crippen molar-refractivity contribution in [3.63, 3.8) is 0 Å². The van der Waals surface area contributed by atoms with Gasteiger partial charge in [0.15, 0.2) is 0 Å². The van der Waals surface area contributed by atoms with E-state index in [1.165, 1.54) is 11.3 Å². The summed E-state index contributed by atoms with van der Waals surface area (Å²) in [6.45, 7) is 5.61. The van der Waals surface area contributed by atoms with Crippen LogP contribution in [0.15, 0.2) is 36.4 Å². The van der Waals surface area contributed by atoms with Gasteiger partial charge >= 0.3 is 5.97 Å². The average molecular weight is 552 g/mol. The minimum absolute atomic E-state index is 0.0145. The molecule has 3 fully saturated rings. The second-order valence-corrected chi connectivity index (χ2v) is 12.8. The number of carbonyl (C=O) groups is 3. The number of anilines is 1. The van der Waals surface area contributed by atoms with E-state index < -0.39 is 5.97 Å². The Morgan fingerprint density at radius 3 is 2.10 bits per heavy atom. The fourth-order valence-corrected chi connectivity index (χ4v) is 7.71. The van der Waals surface area contributed by atoms with Crippen LogP contribution in [0, 0.1) is 17.8 Å². The number of carboxylic acid groups (broad SMARTS) is 1. The number of hydrogen-bond acceptors (Lipinski definition) is 5. The molecule has 8 heteroatoms. The predicted molar refractivity (Wildman–Crippen MR) is 155 cm³/mol. The van der Waals surface area contributed by atoms with E-state index in [1.807, 2.05) is 40.1 Å². The Morgan fingerprint density at radius 2 is 1.49 bits per heavy atom. The molecule has 0 atom stereocenters. The van der Waals surface area contributed by atoms with Crippen LogP contribution in [0.1, 0.15) is 68.6 Å². The van der Waals surface area contributed by atoms with E-state index in [2.05, 4.69) is 18.9 Å². The quantitative estimate of drug-likeness (QED) is 0.505. The minimum Gasteiger partial charge on any atom is -0.478 e. The molecule has 7 nitrogen and oxygen atoms in total. The molecule has 0 spiro atoms. The highest BCUT2D eigenvalue weighted by atomic mass is 32.1. The summed E-state index contributed by atoms with van der Waals surface area (Å²) in [6.07, 6.45) is 6.68. The molecule has 210 valence electrons. The number of nitrogens with zero attached hydrogens (tertiary/aromatic N) is 3. The summed E-state index contributed by atoms with van der Waals surface area (Å²) in [6, 6.07) is 11.4. The summed E-state index contributed by atoms with van der Waals surface area (Å²) >= 11 is 1.41. The Kier molecular flexibility index (Phi) is 8.72. The lowest BCUT2D eigenvalue weighted by molar-refractivity contribution is -0.138. The molecule has 1 aromatic heterocycles. The Balaban J connectivity index is 1.40. The van der Waals surface area contributed by atoms with E-state index in [9.17, 15) is 19.5 Å². The fourth-order valence-electron chi connectivity index (χ4n) is 6.47. The maximum Gasteiger partial charge on any atom is 0.338 e. The number of aromatic carboxylic acids is 1.